The molecule has 0 radical (unpaired) electrons. The predicted octanol–water partition coefficient (Wildman–Crippen LogP) is -0.221. The second-order valence-corrected chi connectivity index (χ2v) is 6.79. The molecule has 2 heterocycles. The fourth-order valence-corrected chi connectivity index (χ4v) is 4.82. The molecule has 2 saturated heterocycles. The van der Waals surface area contributed by atoms with E-state index in [1.54, 1.807) is 0 Å². The number of carboxylic acids is 1. The van der Waals surface area contributed by atoms with E-state index in [2.05, 4.69) is 0 Å². The SMILES string of the molecule is O=C(O)CCS(=O)(=O)N1C2CCC1CC(O)C2. The van der Waals surface area contributed by atoms with Crippen LogP contribution in [0.15, 0.2) is 0 Å². The first-order valence-electron chi connectivity index (χ1n) is 5.81. The van der Waals surface area contributed by atoms with Crippen LogP contribution < -0.4 is 0 Å². The lowest BCUT2D eigenvalue weighted by Crippen LogP contribution is -2.48. The summed E-state index contributed by atoms with van der Waals surface area (Å²) in [7, 11) is -3.50. The molecule has 2 rings (SSSR count). The van der Waals surface area contributed by atoms with Gasteiger partial charge in [-0.2, -0.15) is 4.31 Å². The molecule has 2 fully saturated rings. The summed E-state index contributed by atoms with van der Waals surface area (Å²) in [6.07, 6.45) is 1.72. The Morgan fingerprint density at radius 1 is 1.24 bits per heavy atom. The monoisotopic (exact) mass is 263 g/mol. The smallest absolute Gasteiger partial charge is 0.304 e. The molecular weight excluding hydrogens is 246 g/mol. The zero-order valence-corrected chi connectivity index (χ0v) is 10.3. The highest BCUT2D eigenvalue weighted by Gasteiger charge is 2.46. The van der Waals surface area contributed by atoms with Gasteiger partial charge in [0.15, 0.2) is 0 Å². The topological polar surface area (TPSA) is 94.9 Å². The van der Waals surface area contributed by atoms with Crippen LogP contribution in [0.2, 0.25) is 0 Å². The van der Waals surface area contributed by atoms with Gasteiger partial charge in [-0.3, -0.25) is 4.79 Å². The molecule has 2 N–H and O–H groups in total. The van der Waals surface area contributed by atoms with Gasteiger partial charge in [-0.05, 0) is 25.7 Å². The second kappa shape index (κ2) is 4.55. The van der Waals surface area contributed by atoms with Gasteiger partial charge in [0.05, 0.1) is 18.3 Å². The van der Waals surface area contributed by atoms with Crippen molar-refractivity contribution in [2.45, 2.75) is 50.3 Å². The molecule has 0 amide bonds. The number of sulfonamides is 1. The van der Waals surface area contributed by atoms with Crippen LogP contribution in [0.25, 0.3) is 0 Å². The average molecular weight is 263 g/mol. The van der Waals surface area contributed by atoms with Gasteiger partial charge >= 0.3 is 5.97 Å². The number of aliphatic hydroxyl groups is 1. The lowest BCUT2D eigenvalue weighted by atomic mass is 10.0. The van der Waals surface area contributed by atoms with E-state index in [4.69, 9.17) is 5.11 Å². The summed E-state index contributed by atoms with van der Waals surface area (Å²) in [6.45, 7) is 0. The summed E-state index contributed by atoms with van der Waals surface area (Å²) in [5.74, 6) is -1.44. The summed E-state index contributed by atoms with van der Waals surface area (Å²) < 4.78 is 25.5. The van der Waals surface area contributed by atoms with Crippen LogP contribution in [0.3, 0.4) is 0 Å². The number of piperidine rings is 1. The van der Waals surface area contributed by atoms with Crippen LogP contribution >= 0.6 is 0 Å². The van der Waals surface area contributed by atoms with Gasteiger partial charge in [-0.25, -0.2) is 8.42 Å². The van der Waals surface area contributed by atoms with Crippen molar-refractivity contribution in [2.75, 3.05) is 5.75 Å². The molecule has 2 aliphatic rings. The lowest BCUT2D eigenvalue weighted by molar-refractivity contribution is -0.136. The molecule has 0 aliphatic carbocycles. The van der Waals surface area contributed by atoms with Gasteiger partial charge in [0.2, 0.25) is 10.0 Å². The number of carboxylic acid groups (broad SMARTS) is 1. The van der Waals surface area contributed by atoms with Crippen LogP contribution in [0.1, 0.15) is 32.1 Å². The number of aliphatic hydroxyl groups excluding tert-OH is 1. The maximum atomic E-state index is 12.0. The molecular formula is C10H17NO5S. The maximum absolute atomic E-state index is 12.0. The summed E-state index contributed by atoms with van der Waals surface area (Å²) in [5, 5.41) is 18.1. The van der Waals surface area contributed by atoms with Crippen molar-refractivity contribution >= 4 is 16.0 Å². The van der Waals surface area contributed by atoms with Crippen molar-refractivity contribution in [1.82, 2.24) is 4.31 Å². The Balaban J connectivity index is 2.10. The van der Waals surface area contributed by atoms with Crippen LogP contribution in [-0.4, -0.2) is 52.8 Å². The van der Waals surface area contributed by atoms with Crippen molar-refractivity contribution in [3.63, 3.8) is 0 Å². The maximum Gasteiger partial charge on any atom is 0.304 e. The number of rotatable bonds is 4. The van der Waals surface area contributed by atoms with E-state index in [1.807, 2.05) is 0 Å². The van der Waals surface area contributed by atoms with Gasteiger partial charge in [0.25, 0.3) is 0 Å². The van der Waals surface area contributed by atoms with Crippen molar-refractivity contribution in [3.05, 3.63) is 0 Å². The molecule has 2 aliphatic heterocycles. The Hall–Kier alpha value is -0.660. The minimum Gasteiger partial charge on any atom is -0.481 e. The van der Waals surface area contributed by atoms with Crippen molar-refractivity contribution in [1.29, 1.82) is 0 Å². The quantitative estimate of drug-likeness (QED) is 0.731. The first kappa shape index (κ1) is 12.8. The number of aliphatic carboxylic acids is 1. The van der Waals surface area contributed by atoms with Gasteiger partial charge in [-0.1, -0.05) is 0 Å². The zero-order chi connectivity index (χ0) is 12.6. The fourth-order valence-electron chi connectivity index (χ4n) is 2.88. The van der Waals surface area contributed by atoms with Crippen LogP contribution in [0.5, 0.6) is 0 Å². The van der Waals surface area contributed by atoms with E-state index in [-0.39, 0.29) is 24.3 Å². The number of fused-ring (bicyclic) bond motifs is 2. The van der Waals surface area contributed by atoms with Gasteiger partial charge < -0.3 is 10.2 Å². The molecule has 2 bridgehead atoms. The number of hydrogen-bond donors (Lipinski definition) is 2. The average Bonchev–Trinajstić information content (AvgIpc) is 2.50. The van der Waals surface area contributed by atoms with E-state index in [0.717, 1.165) is 12.8 Å². The molecule has 0 aromatic heterocycles. The minimum absolute atomic E-state index is 0.137. The van der Waals surface area contributed by atoms with Crippen molar-refractivity contribution in [3.8, 4) is 0 Å². The molecule has 98 valence electrons. The number of hydrogen-bond acceptors (Lipinski definition) is 4. The zero-order valence-electron chi connectivity index (χ0n) is 9.45. The molecule has 0 saturated carbocycles. The van der Waals surface area contributed by atoms with Crippen molar-refractivity contribution < 1.29 is 23.4 Å². The Morgan fingerprint density at radius 2 is 1.76 bits per heavy atom. The molecule has 17 heavy (non-hydrogen) atoms. The second-order valence-electron chi connectivity index (χ2n) is 4.80. The highest BCUT2D eigenvalue weighted by atomic mass is 32.2. The van der Waals surface area contributed by atoms with Gasteiger partial charge in [0.1, 0.15) is 0 Å². The van der Waals surface area contributed by atoms with E-state index >= 15 is 0 Å². The van der Waals surface area contributed by atoms with Crippen LogP contribution in [0, 0.1) is 0 Å². The highest BCUT2D eigenvalue weighted by Crippen LogP contribution is 2.37. The van der Waals surface area contributed by atoms with Crippen LogP contribution in [0.4, 0.5) is 0 Å². The summed E-state index contributed by atoms with van der Waals surface area (Å²) in [6, 6.07) is -0.273. The molecule has 7 heteroatoms. The highest BCUT2D eigenvalue weighted by molar-refractivity contribution is 7.89. The fraction of sp³-hybridized carbons (Fsp3) is 0.900. The predicted molar refractivity (Wildman–Crippen MR) is 59.9 cm³/mol. The summed E-state index contributed by atoms with van der Waals surface area (Å²) in [4.78, 5) is 10.4. The Bertz CT molecular complexity index is 393. The first-order chi connectivity index (χ1) is 7.90. The molecule has 2 atom stereocenters. The lowest BCUT2D eigenvalue weighted by Gasteiger charge is -2.35. The number of carbonyl (C=O) groups is 1. The Morgan fingerprint density at radius 3 is 2.24 bits per heavy atom. The number of nitrogens with zero attached hydrogens (tertiary/aromatic N) is 1. The molecule has 0 spiro atoms. The summed E-state index contributed by atoms with van der Waals surface area (Å²) in [5.41, 5.74) is 0. The normalized spacial score (nSPS) is 33.8. The van der Waals surface area contributed by atoms with Gasteiger partial charge in [-0.15, -0.1) is 0 Å². The molecule has 0 aromatic rings. The van der Waals surface area contributed by atoms with E-state index in [1.165, 1.54) is 4.31 Å². The van der Waals surface area contributed by atoms with E-state index < -0.39 is 22.1 Å². The minimum atomic E-state index is -3.50. The first-order valence-corrected chi connectivity index (χ1v) is 7.42. The Labute approximate surface area is 100 Å². The third kappa shape index (κ3) is 2.61. The molecule has 0 aromatic carbocycles. The largest absolute Gasteiger partial charge is 0.481 e. The van der Waals surface area contributed by atoms with E-state index in [0.29, 0.717) is 12.8 Å². The van der Waals surface area contributed by atoms with E-state index in [9.17, 15) is 18.3 Å². The third-order valence-corrected chi connectivity index (χ3v) is 5.50. The van der Waals surface area contributed by atoms with Gasteiger partial charge in [0, 0.05) is 12.1 Å². The molecule has 6 nitrogen and oxygen atoms in total. The third-order valence-electron chi connectivity index (χ3n) is 3.54. The molecule has 2 unspecified atom stereocenters. The van der Waals surface area contributed by atoms with Crippen LogP contribution in [-0.2, 0) is 14.8 Å². The Kier molecular flexibility index (Phi) is 3.42. The summed E-state index contributed by atoms with van der Waals surface area (Å²) >= 11 is 0. The van der Waals surface area contributed by atoms with Crippen molar-refractivity contribution in [2.24, 2.45) is 0 Å². The standard InChI is InChI=1S/C10H17NO5S/c12-9-5-7-1-2-8(6-9)11(7)17(15,16)4-3-10(13)14/h7-9,12H,1-6H2,(H,13,14).